The van der Waals surface area contributed by atoms with Gasteiger partial charge in [-0.3, -0.25) is 14.9 Å². The third-order valence-corrected chi connectivity index (χ3v) is 3.86. The standard InChI is InChI=1S/C13H15ClN2O4/c14-12-8(4-3-6-10(12)16(19)20)13(18)15-9-5-1-2-7-11(9)17/h3-4,6,9,11,17H,1-2,5,7H2,(H,15,18)/t9-,11-/m0/s1. The first-order valence-electron chi connectivity index (χ1n) is 6.42. The number of carbonyl (C=O) groups is 1. The molecule has 1 aliphatic rings. The Labute approximate surface area is 120 Å². The fraction of sp³-hybridized carbons (Fsp3) is 0.462. The zero-order valence-electron chi connectivity index (χ0n) is 10.7. The van der Waals surface area contributed by atoms with Gasteiger partial charge in [-0.2, -0.15) is 0 Å². The van der Waals surface area contributed by atoms with Crippen LogP contribution >= 0.6 is 11.6 Å². The van der Waals surface area contributed by atoms with Crippen molar-refractivity contribution in [3.63, 3.8) is 0 Å². The maximum atomic E-state index is 12.1. The predicted octanol–water partition coefficient (Wildman–Crippen LogP) is 2.28. The summed E-state index contributed by atoms with van der Waals surface area (Å²) in [7, 11) is 0. The van der Waals surface area contributed by atoms with Crippen LogP contribution in [0.1, 0.15) is 36.0 Å². The second-order valence-electron chi connectivity index (χ2n) is 4.83. The Morgan fingerprint density at radius 2 is 2.10 bits per heavy atom. The summed E-state index contributed by atoms with van der Waals surface area (Å²) in [4.78, 5) is 22.3. The molecule has 1 saturated carbocycles. The van der Waals surface area contributed by atoms with E-state index in [0.717, 1.165) is 12.8 Å². The van der Waals surface area contributed by atoms with Gasteiger partial charge in [-0.05, 0) is 18.9 Å². The molecule has 0 heterocycles. The summed E-state index contributed by atoms with van der Waals surface area (Å²) in [6, 6.07) is 3.76. The number of nitrogens with zero attached hydrogens (tertiary/aromatic N) is 1. The highest BCUT2D eigenvalue weighted by molar-refractivity contribution is 6.35. The Bertz CT molecular complexity index is 535. The van der Waals surface area contributed by atoms with Gasteiger partial charge in [0.25, 0.3) is 11.6 Å². The number of aliphatic hydroxyl groups is 1. The van der Waals surface area contributed by atoms with Gasteiger partial charge >= 0.3 is 0 Å². The van der Waals surface area contributed by atoms with Crippen molar-refractivity contribution in [1.82, 2.24) is 5.32 Å². The number of nitro benzene ring substituents is 1. The summed E-state index contributed by atoms with van der Waals surface area (Å²) < 4.78 is 0. The summed E-state index contributed by atoms with van der Waals surface area (Å²) in [5.41, 5.74) is -0.248. The molecular weight excluding hydrogens is 284 g/mol. The average molecular weight is 299 g/mol. The molecule has 0 spiro atoms. The van der Waals surface area contributed by atoms with Crippen LogP contribution in [-0.4, -0.2) is 28.1 Å². The van der Waals surface area contributed by atoms with Gasteiger partial charge in [0.05, 0.1) is 22.6 Å². The number of carbonyl (C=O) groups excluding carboxylic acids is 1. The quantitative estimate of drug-likeness (QED) is 0.661. The number of nitrogens with one attached hydrogen (secondary N) is 1. The van der Waals surface area contributed by atoms with Crippen LogP contribution in [0.25, 0.3) is 0 Å². The Morgan fingerprint density at radius 1 is 1.40 bits per heavy atom. The van der Waals surface area contributed by atoms with E-state index in [2.05, 4.69) is 5.32 Å². The molecule has 0 unspecified atom stereocenters. The van der Waals surface area contributed by atoms with E-state index in [1.165, 1.54) is 18.2 Å². The predicted molar refractivity (Wildman–Crippen MR) is 73.8 cm³/mol. The minimum atomic E-state index is -0.630. The Morgan fingerprint density at radius 3 is 2.75 bits per heavy atom. The highest BCUT2D eigenvalue weighted by atomic mass is 35.5. The van der Waals surface area contributed by atoms with Crippen molar-refractivity contribution in [2.24, 2.45) is 0 Å². The van der Waals surface area contributed by atoms with Gasteiger partial charge in [0.15, 0.2) is 0 Å². The highest BCUT2D eigenvalue weighted by Crippen LogP contribution is 2.28. The number of aliphatic hydroxyl groups excluding tert-OH is 1. The van der Waals surface area contributed by atoms with Crippen LogP contribution in [0.5, 0.6) is 0 Å². The van der Waals surface area contributed by atoms with Crippen LogP contribution in [0.15, 0.2) is 18.2 Å². The zero-order chi connectivity index (χ0) is 14.7. The molecule has 0 aromatic heterocycles. The van der Waals surface area contributed by atoms with Crippen molar-refractivity contribution in [1.29, 1.82) is 0 Å². The van der Waals surface area contributed by atoms with Crippen LogP contribution < -0.4 is 5.32 Å². The van der Waals surface area contributed by atoms with Crippen LogP contribution in [0.4, 0.5) is 5.69 Å². The summed E-state index contributed by atoms with van der Waals surface area (Å²) in [6.07, 6.45) is 2.63. The van der Waals surface area contributed by atoms with Gasteiger partial charge in [-0.25, -0.2) is 0 Å². The number of nitro groups is 1. The first-order chi connectivity index (χ1) is 9.50. The van der Waals surface area contributed by atoms with Gasteiger partial charge in [-0.1, -0.05) is 30.5 Å². The number of halogens is 1. The molecule has 0 saturated heterocycles. The number of amides is 1. The van der Waals surface area contributed by atoms with Crippen LogP contribution in [-0.2, 0) is 0 Å². The molecule has 2 atom stereocenters. The number of benzene rings is 1. The maximum Gasteiger partial charge on any atom is 0.288 e. The van der Waals surface area contributed by atoms with E-state index >= 15 is 0 Å². The van der Waals surface area contributed by atoms with Gasteiger partial charge < -0.3 is 10.4 Å². The molecule has 2 rings (SSSR count). The fourth-order valence-electron chi connectivity index (χ4n) is 2.36. The van der Waals surface area contributed by atoms with Crippen LogP contribution in [0.2, 0.25) is 5.02 Å². The van der Waals surface area contributed by atoms with Crippen molar-refractivity contribution in [3.8, 4) is 0 Å². The maximum absolute atomic E-state index is 12.1. The van der Waals surface area contributed by atoms with Crippen LogP contribution in [0.3, 0.4) is 0 Å². The van der Waals surface area contributed by atoms with Crippen molar-refractivity contribution in [2.45, 2.75) is 37.8 Å². The molecule has 20 heavy (non-hydrogen) atoms. The van der Waals surface area contributed by atoms with Gasteiger partial charge in [0.2, 0.25) is 0 Å². The molecule has 108 valence electrons. The molecule has 0 radical (unpaired) electrons. The molecule has 6 nitrogen and oxygen atoms in total. The van der Waals surface area contributed by atoms with E-state index in [-0.39, 0.29) is 22.3 Å². The third kappa shape index (κ3) is 3.08. The Hall–Kier alpha value is -1.66. The molecular formula is C13H15ClN2O4. The summed E-state index contributed by atoms with van der Waals surface area (Å²) in [5.74, 6) is -0.496. The topological polar surface area (TPSA) is 92.5 Å². The first-order valence-corrected chi connectivity index (χ1v) is 6.80. The number of rotatable bonds is 3. The van der Waals surface area contributed by atoms with Crippen molar-refractivity contribution >= 4 is 23.2 Å². The lowest BCUT2D eigenvalue weighted by Crippen LogP contribution is -2.45. The summed E-state index contributed by atoms with van der Waals surface area (Å²) in [5, 5.41) is 23.1. The third-order valence-electron chi connectivity index (χ3n) is 3.47. The van der Waals surface area contributed by atoms with Gasteiger partial charge in [0.1, 0.15) is 5.02 Å². The monoisotopic (exact) mass is 298 g/mol. The molecule has 1 aromatic carbocycles. The van der Waals surface area contributed by atoms with Crippen molar-refractivity contribution in [3.05, 3.63) is 38.9 Å². The van der Waals surface area contributed by atoms with Gasteiger partial charge in [-0.15, -0.1) is 0 Å². The molecule has 1 fully saturated rings. The van der Waals surface area contributed by atoms with E-state index in [0.29, 0.717) is 12.8 Å². The molecule has 0 bridgehead atoms. The molecule has 2 N–H and O–H groups in total. The first kappa shape index (κ1) is 14.7. The smallest absolute Gasteiger partial charge is 0.288 e. The fourth-order valence-corrected chi connectivity index (χ4v) is 2.64. The van der Waals surface area contributed by atoms with E-state index < -0.39 is 16.9 Å². The summed E-state index contributed by atoms with van der Waals surface area (Å²) >= 11 is 5.89. The molecule has 1 amide bonds. The van der Waals surface area contributed by atoms with Gasteiger partial charge in [0, 0.05) is 6.07 Å². The normalized spacial score (nSPS) is 22.3. The van der Waals surface area contributed by atoms with E-state index in [1.54, 1.807) is 0 Å². The molecule has 0 aliphatic heterocycles. The SMILES string of the molecule is O=C(N[C@H]1CCCC[C@@H]1O)c1cccc([N+](=O)[O-])c1Cl. The molecule has 7 heteroatoms. The average Bonchev–Trinajstić information content (AvgIpc) is 2.41. The Kier molecular flexibility index (Phi) is 4.57. The second kappa shape index (κ2) is 6.19. The minimum absolute atomic E-state index is 0.0543. The zero-order valence-corrected chi connectivity index (χ0v) is 11.5. The summed E-state index contributed by atoms with van der Waals surface area (Å²) in [6.45, 7) is 0. The minimum Gasteiger partial charge on any atom is -0.391 e. The van der Waals surface area contributed by atoms with Crippen LogP contribution in [0, 0.1) is 10.1 Å². The molecule has 1 aliphatic carbocycles. The van der Waals surface area contributed by atoms with Crippen molar-refractivity contribution in [2.75, 3.05) is 0 Å². The Balaban J connectivity index is 2.17. The lowest BCUT2D eigenvalue weighted by atomic mass is 9.92. The number of hydrogen-bond acceptors (Lipinski definition) is 4. The lowest BCUT2D eigenvalue weighted by Gasteiger charge is -2.28. The van der Waals surface area contributed by atoms with Crippen molar-refractivity contribution < 1.29 is 14.8 Å². The second-order valence-corrected chi connectivity index (χ2v) is 5.21. The molecule has 1 aromatic rings. The number of hydrogen-bond donors (Lipinski definition) is 2. The van der Waals surface area contributed by atoms with E-state index in [4.69, 9.17) is 11.6 Å². The van der Waals surface area contributed by atoms with E-state index in [9.17, 15) is 20.0 Å². The lowest BCUT2D eigenvalue weighted by molar-refractivity contribution is -0.384. The highest BCUT2D eigenvalue weighted by Gasteiger charge is 2.27. The largest absolute Gasteiger partial charge is 0.391 e. The van der Waals surface area contributed by atoms with E-state index in [1.807, 2.05) is 0 Å².